The number of hydrogen-bond donors (Lipinski definition) is 4. The highest BCUT2D eigenvalue weighted by molar-refractivity contribution is 5.89. The Kier molecular flexibility index (Phi) is 13.3. The number of imidazole rings is 2. The SMILES string of the molecule is COC(=O)N[C@H](C(=O)N1CCC[C@H]1c1ncc(-c2ccc3nc(-c4ccc(-c5cnc([C@@H]6CN(C(=O)OC)CCN6C(=O)[C@@H](NC(=O)OC)C(C)C)[nH]5)cc4)ccc3c2)[nH]1)c1ccccc1. The third-order valence-electron chi connectivity index (χ3n) is 12.2. The van der Waals surface area contributed by atoms with Crippen LogP contribution in [0.4, 0.5) is 14.4 Å². The molecule has 5 amide bonds. The van der Waals surface area contributed by atoms with Crippen molar-refractivity contribution in [1.82, 2.24) is 50.3 Å². The zero-order chi connectivity index (χ0) is 46.5. The number of piperazine rings is 1. The van der Waals surface area contributed by atoms with E-state index >= 15 is 0 Å². The van der Waals surface area contributed by atoms with Gasteiger partial charge in [0.05, 0.1) is 68.9 Å². The minimum absolute atomic E-state index is 0.141. The molecule has 5 heterocycles. The van der Waals surface area contributed by atoms with Crippen LogP contribution < -0.4 is 10.6 Å². The first-order chi connectivity index (χ1) is 32.0. The minimum Gasteiger partial charge on any atom is -0.453 e. The molecule has 0 saturated carbocycles. The lowest BCUT2D eigenvalue weighted by molar-refractivity contribution is -0.139. The maximum atomic E-state index is 14.0. The molecule has 342 valence electrons. The van der Waals surface area contributed by atoms with Crippen molar-refractivity contribution in [1.29, 1.82) is 0 Å². The zero-order valence-electron chi connectivity index (χ0n) is 37.3. The van der Waals surface area contributed by atoms with Crippen LogP contribution in [-0.2, 0) is 23.8 Å². The van der Waals surface area contributed by atoms with Crippen LogP contribution in [0.2, 0.25) is 0 Å². The Morgan fingerprint density at radius 3 is 2.00 bits per heavy atom. The van der Waals surface area contributed by atoms with Crippen molar-refractivity contribution in [2.75, 3.05) is 47.5 Å². The van der Waals surface area contributed by atoms with Gasteiger partial charge in [-0.05, 0) is 48.1 Å². The van der Waals surface area contributed by atoms with Crippen LogP contribution in [0.5, 0.6) is 0 Å². The van der Waals surface area contributed by atoms with Crippen LogP contribution in [0, 0.1) is 5.92 Å². The molecule has 4 atom stereocenters. The number of nitrogens with one attached hydrogen (secondary N) is 4. The number of benzene rings is 3. The number of H-pyrrole nitrogens is 2. The van der Waals surface area contributed by atoms with Crippen LogP contribution in [0.25, 0.3) is 44.7 Å². The number of carbonyl (C=O) groups excluding carboxylic acids is 5. The topological polar surface area (TPSA) is 217 Å². The van der Waals surface area contributed by atoms with E-state index in [9.17, 15) is 24.0 Å². The molecule has 4 N–H and O–H groups in total. The average molecular weight is 897 g/mol. The van der Waals surface area contributed by atoms with Gasteiger partial charge in [-0.25, -0.2) is 29.3 Å². The summed E-state index contributed by atoms with van der Waals surface area (Å²) in [5.74, 6) is 0.375. The number of carbonyl (C=O) groups is 5. The van der Waals surface area contributed by atoms with Gasteiger partial charge in [0.1, 0.15) is 29.8 Å². The van der Waals surface area contributed by atoms with E-state index in [2.05, 4.69) is 31.7 Å². The molecule has 3 aromatic carbocycles. The van der Waals surface area contributed by atoms with Gasteiger partial charge < -0.3 is 49.5 Å². The van der Waals surface area contributed by atoms with E-state index in [1.165, 1.54) is 26.2 Å². The van der Waals surface area contributed by atoms with Gasteiger partial charge in [-0.1, -0.05) is 80.6 Å². The summed E-state index contributed by atoms with van der Waals surface area (Å²) in [6, 6.07) is 24.4. The molecule has 0 spiro atoms. The number of amides is 5. The second-order valence-corrected chi connectivity index (χ2v) is 16.5. The highest BCUT2D eigenvalue weighted by Gasteiger charge is 2.40. The number of aromatic amines is 2. The van der Waals surface area contributed by atoms with E-state index in [0.717, 1.165) is 51.8 Å². The maximum Gasteiger partial charge on any atom is 0.409 e. The van der Waals surface area contributed by atoms with Gasteiger partial charge in [0.2, 0.25) is 5.91 Å². The van der Waals surface area contributed by atoms with Crippen molar-refractivity contribution in [3.05, 3.63) is 115 Å². The summed E-state index contributed by atoms with van der Waals surface area (Å²) in [7, 11) is 3.83. The highest BCUT2D eigenvalue weighted by atomic mass is 16.5. The molecular formula is C48H52N10O8. The fraction of sp³-hybridized carbons (Fsp3) is 0.333. The molecule has 0 radical (unpaired) electrons. The fourth-order valence-electron chi connectivity index (χ4n) is 8.62. The number of nitrogens with zero attached hydrogens (tertiary/aromatic N) is 6. The smallest absolute Gasteiger partial charge is 0.409 e. The first kappa shape index (κ1) is 44.8. The summed E-state index contributed by atoms with van der Waals surface area (Å²) in [5.41, 5.74) is 6.46. The monoisotopic (exact) mass is 896 g/mol. The van der Waals surface area contributed by atoms with E-state index in [0.29, 0.717) is 29.5 Å². The number of ether oxygens (including phenoxy) is 3. The zero-order valence-corrected chi connectivity index (χ0v) is 37.3. The molecule has 18 nitrogen and oxygen atoms in total. The molecule has 8 rings (SSSR count). The molecule has 6 aromatic rings. The van der Waals surface area contributed by atoms with Crippen LogP contribution in [-0.4, -0.2) is 123 Å². The molecule has 0 unspecified atom stereocenters. The predicted octanol–water partition coefficient (Wildman–Crippen LogP) is 6.78. The maximum absolute atomic E-state index is 14.0. The van der Waals surface area contributed by atoms with Crippen LogP contribution >= 0.6 is 0 Å². The number of rotatable bonds is 11. The van der Waals surface area contributed by atoms with E-state index in [4.69, 9.17) is 24.2 Å². The second kappa shape index (κ2) is 19.5. The third kappa shape index (κ3) is 9.38. The standard InChI is InChI=1S/C48H52N10O8/c1-28(2)40(54-46(61)64-3)44(59)58-23-22-56(48(63)66-5)27-39(58)43-50-25-36(52-43)30-15-13-29(14-16-30)34-19-17-32-24-33(18-20-35(32)51-34)37-26-49-42(53-37)38-12-9-21-57(38)45(60)41(55-47(62)65-4)31-10-7-6-8-11-31/h6-8,10-11,13-20,24-26,28,38-41H,9,12,21-23,27H2,1-5H3,(H,49,53)(H,50,52)(H,54,61)(H,55,62)/t38-,39-,40-,41-/m0/s1. The van der Waals surface area contributed by atoms with E-state index in [-0.39, 0.29) is 43.4 Å². The largest absolute Gasteiger partial charge is 0.453 e. The molecule has 3 aromatic heterocycles. The average Bonchev–Trinajstić information content (AvgIpc) is 4.16. The van der Waals surface area contributed by atoms with Gasteiger partial charge in [0.25, 0.3) is 5.91 Å². The lowest BCUT2D eigenvalue weighted by Crippen LogP contribution is -2.58. The summed E-state index contributed by atoms with van der Waals surface area (Å²) >= 11 is 0. The van der Waals surface area contributed by atoms with Crippen molar-refractivity contribution in [3.63, 3.8) is 0 Å². The van der Waals surface area contributed by atoms with Crippen molar-refractivity contribution < 1.29 is 38.2 Å². The lowest BCUT2D eigenvalue weighted by Gasteiger charge is -2.41. The van der Waals surface area contributed by atoms with Crippen molar-refractivity contribution >= 4 is 41.0 Å². The Balaban J connectivity index is 0.967. The number of fused-ring (bicyclic) bond motifs is 1. The Morgan fingerprint density at radius 2 is 1.32 bits per heavy atom. The first-order valence-corrected chi connectivity index (χ1v) is 21.8. The summed E-state index contributed by atoms with van der Waals surface area (Å²) in [5, 5.41) is 6.30. The quantitative estimate of drug-likeness (QED) is 0.0995. The van der Waals surface area contributed by atoms with Crippen molar-refractivity contribution in [2.45, 2.75) is 50.9 Å². The van der Waals surface area contributed by atoms with Crippen molar-refractivity contribution in [3.8, 4) is 33.8 Å². The molecule has 2 aliphatic rings. The summed E-state index contributed by atoms with van der Waals surface area (Å²) in [6.45, 7) is 4.81. The molecule has 66 heavy (non-hydrogen) atoms. The van der Waals surface area contributed by atoms with E-state index in [1.54, 1.807) is 34.3 Å². The fourth-order valence-corrected chi connectivity index (χ4v) is 8.62. The summed E-state index contributed by atoms with van der Waals surface area (Å²) in [4.78, 5) is 91.0. The van der Waals surface area contributed by atoms with E-state index in [1.807, 2.05) is 80.6 Å². The first-order valence-electron chi connectivity index (χ1n) is 21.8. The Labute approximate surface area is 381 Å². The number of methoxy groups -OCH3 is 3. The molecule has 18 heteroatoms. The Bertz CT molecular complexity index is 2720. The molecule has 2 aliphatic heterocycles. The molecular weight excluding hydrogens is 845 g/mol. The summed E-state index contributed by atoms with van der Waals surface area (Å²) in [6.07, 6.45) is 3.09. The molecule has 2 fully saturated rings. The van der Waals surface area contributed by atoms with Gasteiger partial charge in [-0.15, -0.1) is 0 Å². The second-order valence-electron chi connectivity index (χ2n) is 16.5. The molecule has 0 bridgehead atoms. The minimum atomic E-state index is -0.904. The number of likely N-dealkylation sites (tertiary alicyclic amines) is 1. The number of alkyl carbamates (subject to hydrolysis) is 2. The molecule has 2 saturated heterocycles. The van der Waals surface area contributed by atoms with Gasteiger partial charge in [-0.3, -0.25) is 9.59 Å². The lowest BCUT2D eigenvalue weighted by atomic mass is 10.0. The van der Waals surface area contributed by atoms with Crippen molar-refractivity contribution in [2.24, 2.45) is 5.92 Å². The number of aromatic nitrogens is 5. The highest BCUT2D eigenvalue weighted by Crippen LogP contribution is 2.35. The van der Waals surface area contributed by atoms with Crippen LogP contribution in [0.1, 0.15) is 62.0 Å². The summed E-state index contributed by atoms with van der Waals surface area (Å²) < 4.78 is 14.6. The van der Waals surface area contributed by atoms with Gasteiger partial charge in [0, 0.05) is 36.1 Å². The normalized spacial score (nSPS) is 17.0. The van der Waals surface area contributed by atoms with E-state index < -0.39 is 36.4 Å². The number of pyridine rings is 1. The van der Waals surface area contributed by atoms with Gasteiger partial charge in [0.15, 0.2) is 0 Å². The molecule has 0 aliphatic carbocycles. The Hall–Kier alpha value is -7.76. The predicted molar refractivity (Wildman–Crippen MR) is 243 cm³/mol. The van der Waals surface area contributed by atoms with Crippen LogP contribution in [0.15, 0.2) is 97.3 Å². The number of hydrogen-bond acceptors (Lipinski definition) is 11. The van der Waals surface area contributed by atoms with Gasteiger partial charge >= 0.3 is 18.3 Å². The third-order valence-corrected chi connectivity index (χ3v) is 12.2. The Morgan fingerprint density at radius 1 is 0.682 bits per heavy atom. The van der Waals surface area contributed by atoms with Crippen LogP contribution in [0.3, 0.4) is 0 Å². The van der Waals surface area contributed by atoms with Gasteiger partial charge in [-0.2, -0.15) is 0 Å².